The average molecular weight is 298 g/mol. The van der Waals surface area contributed by atoms with Crippen LogP contribution in [0.15, 0.2) is 30.3 Å². The quantitative estimate of drug-likeness (QED) is 0.567. The van der Waals surface area contributed by atoms with E-state index in [-0.39, 0.29) is 0 Å². The Kier molecular flexibility index (Phi) is 5.96. The lowest BCUT2D eigenvalue weighted by molar-refractivity contribution is -0.160. The summed E-state index contributed by atoms with van der Waals surface area (Å²) in [6.45, 7) is 0. The van der Waals surface area contributed by atoms with Gasteiger partial charge in [0.05, 0.1) is 6.42 Å². The standard InChI is InChI=1S/C12H11O7P/c13-8(11(15)16)6-9(14)19-10(12(17)20-18)7-4-2-1-3-5-7/h1-5,8,10,13H,6H2,(H,15,16)/t8-,10-/m0/s1. The summed E-state index contributed by atoms with van der Waals surface area (Å²) in [6, 6.07) is 7.85. The molecule has 0 aliphatic carbocycles. The minimum absolute atomic E-state index is 0.305. The fraction of sp³-hybridized carbons (Fsp3) is 0.250. The van der Waals surface area contributed by atoms with E-state index in [0.29, 0.717) is 5.56 Å². The molecule has 0 saturated carbocycles. The van der Waals surface area contributed by atoms with Crippen molar-refractivity contribution in [3.05, 3.63) is 35.9 Å². The highest BCUT2D eigenvalue weighted by molar-refractivity contribution is 7.46. The molecule has 1 aromatic rings. The summed E-state index contributed by atoms with van der Waals surface area (Å²) >= 11 is 0. The number of hydrogen-bond acceptors (Lipinski definition) is 6. The van der Waals surface area contributed by atoms with E-state index < -0.39 is 44.6 Å². The second kappa shape index (κ2) is 7.47. The maximum Gasteiger partial charge on any atom is 0.333 e. The first kappa shape index (κ1) is 15.9. The minimum atomic E-state index is -1.92. The zero-order valence-electron chi connectivity index (χ0n) is 10.1. The van der Waals surface area contributed by atoms with Gasteiger partial charge in [0.2, 0.25) is 8.46 Å². The number of aliphatic hydroxyl groups excluding tert-OH is 1. The van der Waals surface area contributed by atoms with E-state index in [1.54, 1.807) is 18.2 Å². The van der Waals surface area contributed by atoms with Crippen LogP contribution in [0.3, 0.4) is 0 Å². The Morgan fingerprint density at radius 1 is 1.20 bits per heavy atom. The Morgan fingerprint density at radius 3 is 2.30 bits per heavy atom. The molecule has 20 heavy (non-hydrogen) atoms. The molecular formula is C12H11O7P. The van der Waals surface area contributed by atoms with E-state index in [4.69, 9.17) is 14.9 Å². The second-order valence-electron chi connectivity index (χ2n) is 3.77. The number of esters is 1. The van der Waals surface area contributed by atoms with E-state index >= 15 is 0 Å². The van der Waals surface area contributed by atoms with Crippen molar-refractivity contribution in [3.8, 4) is 0 Å². The van der Waals surface area contributed by atoms with Gasteiger partial charge in [0.25, 0.3) is 5.52 Å². The van der Waals surface area contributed by atoms with Crippen LogP contribution in [-0.2, 0) is 23.7 Å². The van der Waals surface area contributed by atoms with Crippen molar-refractivity contribution in [2.24, 2.45) is 0 Å². The van der Waals surface area contributed by atoms with Crippen molar-refractivity contribution >= 4 is 25.9 Å². The molecular weight excluding hydrogens is 287 g/mol. The molecule has 7 nitrogen and oxygen atoms in total. The smallest absolute Gasteiger partial charge is 0.333 e. The number of carboxylic acid groups (broad SMARTS) is 1. The van der Waals surface area contributed by atoms with E-state index in [0.717, 1.165) is 0 Å². The lowest BCUT2D eigenvalue weighted by Crippen LogP contribution is -2.26. The number of benzene rings is 1. The van der Waals surface area contributed by atoms with E-state index in [1.165, 1.54) is 12.1 Å². The highest BCUT2D eigenvalue weighted by atomic mass is 31.1. The van der Waals surface area contributed by atoms with Crippen molar-refractivity contribution in [3.63, 3.8) is 0 Å². The summed E-state index contributed by atoms with van der Waals surface area (Å²) in [5.74, 6) is -2.66. The van der Waals surface area contributed by atoms with Gasteiger partial charge in [-0.1, -0.05) is 30.3 Å². The van der Waals surface area contributed by atoms with Crippen LogP contribution in [-0.4, -0.2) is 33.8 Å². The molecule has 1 rings (SSSR count). The third-order valence-corrected chi connectivity index (χ3v) is 2.73. The largest absolute Gasteiger partial charge is 0.479 e. The fourth-order valence-electron chi connectivity index (χ4n) is 1.36. The zero-order chi connectivity index (χ0) is 15.1. The van der Waals surface area contributed by atoms with Crippen LogP contribution in [0.5, 0.6) is 0 Å². The highest BCUT2D eigenvalue weighted by Crippen LogP contribution is 2.23. The lowest BCUT2D eigenvalue weighted by atomic mass is 10.1. The summed E-state index contributed by atoms with van der Waals surface area (Å²) < 4.78 is 15.4. The van der Waals surface area contributed by atoms with Gasteiger partial charge in [0.15, 0.2) is 12.2 Å². The van der Waals surface area contributed by atoms with Gasteiger partial charge in [0, 0.05) is 5.56 Å². The maximum atomic E-state index is 11.5. The number of aliphatic hydroxyl groups is 1. The number of hydrogen-bond donors (Lipinski definition) is 2. The van der Waals surface area contributed by atoms with E-state index in [9.17, 15) is 18.9 Å². The van der Waals surface area contributed by atoms with Gasteiger partial charge in [-0.2, -0.15) is 0 Å². The first-order valence-electron chi connectivity index (χ1n) is 5.48. The Labute approximate surface area is 115 Å². The van der Waals surface area contributed by atoms with Gasteiger partial charge < -0.3 is 14.9 Å². The maximum absolute atomic E-state index is 11.5. The topological polar surface area (TPSA) is 118 Å². The average Bonchev–Trinajstić information content (AvgIpc) is 2.44. The zero-order valence-corrected chi connectivity index (χ0v) is 11.0. The van der Waals surface area contributed by atoms with Gasteiger partial charge in [-0.05, 0) is 0 Å². The van der Waals surface area contributed by atoms with Crippen LogP contribution >= 0.6 is 8.46 Å². The van der Waals surface area contributed by atoms with Crippen molar-refractivity contribution in [2.75, 3.05) is 0 Å². The van der Waals surface area contributed by atoms with E-state index in [1.807, 2.05) is 0 Å². The van der Waals surface area contributed by atoms with Crippen LogP contribution in [0, 0.1) is 0 Å². The molecule has 2 N–H and O–H groups in total. The fourth-order valence-corrected chi connectivity index (χ4v) is 1.66. The molecule has 106 valence electrons. The molecule has 0 heterocycles. The number of carbonyl (C=O) groups is 3. The number of rotatable bonds is 7. The van der Waals surface area contributed by atoms with Crippen molar-refractivity contribution in [1.29, 1.82) is 0 Å². The molecule has 8 heteroatoms. The molecule has 0 aliphatic rings. The van der Waals surface area contributed by atoms with Gasteiger partial charge in [-0.3, -0.25) is 14.2 Å². The van der Waals surface area contributed by atoms with Gasteiger partial charge in [0.1, 0.15) is 0 Å². The van der Waals surface area contributed by atoms with Crippen LogP contribution in [0.25, 0.3) is 0 Å². The van der Waals surface area contributed by atoms with Crippen molar-refractivity contribution in [2.45, 2.75) is 18.6 Å². The Balaban J connectivity index is 2.81. The summed E-state index contributed by atoms with van der Waals surface area (Å²) in [7, 11) is -0.833. The van der Waals surface area contributed by atoms with Crippen LogP contribution in [0.2, 0.25) is 0 Å². The van der Waals surface area contributed by atoms with Crippen molar-refractivity contribution < 1.29 is 33.9 Å². The highest BCUT2D eigenvalue weighted by Gasteiger charge is 2.27. The molecule has 0 radical (unpaired) electrons. The van der Waals surface area contributed by atoms with E-state index in [2.05, 4.69) is 0 Å². The molecule has 0 amide bonds. The molecule has 0 aromatic heterocycles. The minimum Gasteiger partial charge on any atom is -0.479 e. The third-order valence-electron chi connectivity index (χ3n) is 2.31. The van der Waals surface area contributed by atoms with Crippen LogP contribution < -0.4 is 0 Å². The number of carboxylic acids is 1. The molecule has 1 aromatic carbocycles. The Bertz CT molecular complexity index is 514. The Morgan fingerprint density at radius 2 is 1.80 bits per heavy atom. The molecule has 2 atom stereocenters. The predicted octanol–water partition coefficient (Wildman–Crippen LogP) is 0.925. The van der Waals surface area contributed by atoms with Gasteiger partial charge in [-0.15, -0.1) is 0 Å². The SMILES string of the molecule is O=PC(=O)[C@@H](OC(=O)C[C@H](O)C(=O)O)c1ccccc1. The summed E-state index contributed by atoms with van der Waals surface area (Å²) in [6.07, 6.45) is -4.12. The predicted molar refractivity (Wildman–Crippen MR) is 66.1 cm³/mol. The van der Waals surface area contributed by atoms with Gasteiger partial charge >= 0.3 is 11.9 Å². The van der Waals surface area contributed by atoms with Crippen LogP contribution in [0.4, 0.5) is 0 Å². The molecule has 0 fully saturated rings. The first-order chi connectivity index (χ1) is 9.45. The normalized spacial score (nSPS) is 13.4. The molecule has 0 aliphatic heterocycles. The summed E-state index contributed by atoms with van der Waals surface area (Å²) in [5.41, 5.74) is -0.576. The number of aliphatic carboxylic acids is 1. The number of carbonyl (C=O) groups excluding carboxylic acids is 2. The third kappa shape index (κ3) is 4.53. The van der Waals surface area contributed by atoms with Gasteiger partial charge in [-0.25, -0.2) is 4.79 Å². The lowest BCUT2D eigenvalue weighted by Gasteiger charge is -2.15. The second-order valence-corrected chi connectivity index (χ2v) is 4.39. The van der Waals surface area contributed by atoms with Crippen molar-refractivity contribution in [1.82, 2.24) is 0 Å². The number of ether oxygens (including phenoxy) is 1. The monoisotopic (exact) mass is 298 g/mol. The molecule has 0 saturated heterocycles. The van der Waals surface area contributed by atoms with Crippen LogP contribution in [0.1, 0.15) is 18.1 Å². The summed E-state index contributed by atoms with van der Waals surface area (Å²) in [5, 5.41) is 17.5. The molecule has 0 spiro atoms. The molecule has 0 bridgehead atoms. The first-order valence-corrected chi connectivity index (χ1v) is 6.29. The summed E-state index contributed by atoms with van der Waals surface area (Å²) in [4.78, 5) is 33.4. The molecule has 0 unspecified atom stereocenters. The Hall–Kier alpha value is -2.11.